The molecule has 1 saturated heterocycles. The molecule has 0 aromatic heterocycles. The smallest absolute Gasteiger partial charge is 0.171 e. The minimum atomic E-state index is 0.656. The van der Waals surface area contributed by atoms with Gasteiger partial charge in [-0.2, -0.15) is 0 Å². The molecule has 3 rings (SSSR count). The second-order valence-electron chi connectivity index (χ2n) is 7.22. The van der Waals surface area contributed by atoms with Crippen LogP contribution >= 0.6 is 12.2 Å². The van der Waals surface area contributed by atoms with Crippen LogP contribution in [-0.2, 0) is 13.0 Å². The van der Waals surface area contributed by atoms with E-state index in [1.807, 2.05) is 0 Å². The van der Waals surface area contributed by atoms with Crippen molar-refractivity contribution in [2.45, 2.75) is 39.7 Å². The summed E-state index contributed by atoms with van der Waals surface area (Å²) in [5.74, 6) is 0.792. The third kappa shape index (κ3) is 5.21. The maximum atomic E-state index is 5.41. The highest BCUT2D eigenvalue weighted by atomic mass is 32.1. The highest BCUT2D eigenvalue weighted by molar-refractivity contribution is 7.80. The van der Waals surface area contributed by atoms with Crippen molar-refractivity contribution >= 4 is 28.7 Å². The lowest BCUT2D eigenvalue weighted by atomic mass is 9.99. The molecule has 3 nitrogen and oxygen atoms in total. The fourth-order valence-electron chi connectivity index (χ4n) is 3.43. The number of anilines is 2. The first-order chi connectivity index (χ1) is 12.6. The first-order valence-corrected chi connectivity index (χ1v) is 10.0. The van der Waals surface area contributed by atoms with Crippen LogP contribution in [0, 0.1) is 5.92 Å². The molecule has 0 radical (unpaired) electrons. The van der Waals surface area contributed by atoms with Gasteiger partial charge in [-0.1, -0.05) is 38.1 Å². The molecule has 0 amide bonds. The topological polar surface area (TPSA) is 27.3 Å². The molecule has 1 atom stereocenters. The van der Waals surface area contributed by atoms with E-state index in [0.29, 0.717) is 5.11 Å². The van der Waals surface area contributed by atoms with Gasteiger partial charge in [0, 0.05) is 31.0 Å². The number of hydrogen-bond donors (Lipinski definition) is 2. The molecule has 26 heavy (non-hydrogen) atoms. The third-order valence-corrected chi connectivity index (χ3v) is 5.28. The third-order valence-electron chi connectivity index (χ3n) is 5.03. The maximum Gasteiger partial charge on any atom is 0.171 e. The molecule has 0 bridgehead atoms. The molecule has 2 aromatic carbocycles. The molecule has 0 saturated carbocycles. The monoisotopic (exact) mass is 367 g/mol. The van der Waals surface area contributed by atoms with Crippen molar-refractivity contribution in [3.63, 3.8) is 0 Å². The molecule has 2 N–H and O–H groups in total. The number of hydrogen-bond acceptors (Lipinski definition) is 2. The molecule has 2 aromatic rings. The highest BCUT2D eigenvalue weighted by Gasteiger charge is 2.16. The van der Waals surface area contributed by atoms with Gasteiger partial charge >= 0.3 is 0 Å². The summed E-state index contributed by atoms with van der Waals surface area (Å²) in [7, 11) is 0. The Balaban J connectivity index is 1.48. The molecular weight excluding hydrogens is 338 g/mol. The van der Waals surface area contributed by atoms with Crippen molar-refractivity contribution in [1.29, 1.82) is 0 Å². The predicted octanol–water partition coefficient (Wildman–Crippen LogP) is 4.97. The number of nitrogens with one attached hydrogen (secondary N) is 2. The first-order valence-electron chi connectivity index (χ1n) is 9.61. The summed E-state index contributed by atoms with van der Waals surface area (Å²) < 4.78 is 0. The Labute approximate surface area is 162 Å². The van der Waals surface area contributed by atoms with Gasteiger partial charge in [-0.25, -0.2) is 0 Å². The van der Waals surface area contributed by atoms with Crippen molar-refractivity contribution in [2.75, 3.05) is 23.3 Å². The van der Waals surface area contributed by atoms with Gasteiger partial charge in [-0.15, -0.1) is 0 Å². The number of aryl methyl sites for hydroxylation is 1. The first kappa shape index (κ1) is 18.7. The van der Waals surface area contributed by atoms with Crippen molar-refractivity contribution in [3.8, 4) is 0 Å². The zero-order valence-corrected chi connectivity index (χ0v) is 16.6. The summed E-state index contributed by atoms with van der Waals surface area (Å²) in [6, 6.07) is 17.3. The Morgan fingerprint density at radius 1 is 1.08 bits per heavy atom. The molecule has 1 aliphatic heterocycles. The van der Waals surface area contributed by atoms with Crippen LogP contribution in [0.25, 0.3) is 0 Å². The molecule has 1 heterocycles. The molecule has 1 unspecified atom stereocenters. The molecule has 0 spiro atoms. The summed E-state index contributed by atoms with van der Waals surface area (Å²) in [5.41, 5.74) is 4.92. The van der Waals surface area contributed by atoms with Crippen LogP contribution in [0.15, 0.2) is 48.5 Å². The van der Waals surface area contributed by atoms with Crippen molar-refractivity contribution in [2.24, 2.45) is 5.92 Å². The van der Waals surface area contributed by atoms with Gasteiger partial charge in [-0.3, -0.25) is 0 Å². The van der Waals surface area contributed by atoms with Crippen LogP contribution in [0.5, 0.6) is 0 Å². The van der Waals surface area contributed by atoms with E-state index < -0.39 is 0 Å². The van der Waals surface area contributed by atoms with E-state index in [-0.39, 0.29) is 0 Å². The standard InChI is InChI=1S/C22H29N3S/c1-3-18-6-10-20(11-7-18)24-22(26)23-15-19-8-12-21(13-9-19)25-14-4-5-17(2)16-25/h6-13,17H,3-5,14-16H2,1-2H3,(H2,23,24,26). The lowest BCUT2D eigenvalue weighted by molar-refractivity contribution is 0.447. The molecule has 0 aliphatic carbocycles. The van der Waals surface area contributed by atoms with Crippen molar-refractivity contribution in [3.05, 3.63) is 59.7 Å². The second kappa shape index (κ2) is 9.04. The van der Waals surface area contributed by atoms with E-state index in [4.69, 9.17) is 12.2 Å². The van der Waals surface area contributed by atoms with E-state index in [0.717, 1.165) is 24.6 Å². The normalized spacial score (nSPS) is 17.0. The van der Waals surface area contributed by atoms with Crippen LogP contribution in [-0.4, -0.2) is 18.2 Å². The van der Waals surface area contributed by atoms with Crippen LogP contribution in [0.2, 0.25) is 0 Å². The van der Waals surface area contributed by atoms with Crippen molar-refractivity contribution < 1.29 is 0 Å². The van der Waals surface area contributed by atoms with E-state index in [1.54, 1.807) is 0 Å². The summed E-state index contributed by atoms with van der Waals surface area (Å²) in [5, 5.41) is 7.19. The molecule has 4 heteroatoms. The minimum absolute atomic E-state index is 0.656. The summed E-state index contributed by atoms with van der Waals surface area (Å²) >= 11 is 5.41. The summed E-state index contributed by atoms with van der Waals surface area (Å²) in [6.07, 6.45) is 3.70. The lowest BCUT2D eigenvalue weighted by Crippen LogP contribution is -2.34. The Bertz CT molecular complexity index is 709. The summed E-state index contributed by atoms with van der Waals surface area (Å²) in [6.45, 7) is 7.57. The zero-order valence-electron chi connectivity index (χ0n) is 15.8. The van der Waals surface area contributed by atoms with Gasteiger partial charge in [0.25, 0.3) is 0 Å². The lowest BCUT2D eigenvalue weighted by Gasteiger charge is -2.32. The highest BCUT2D eigenvalue weighted by Crippen LogP contribution is 2.23. The Kier molecular flexibility index (Phi) is 6.51. The zero-order chi connectivity index (χ0) is 18.4. The van der Waals surface area contributed by atoms with Gasteiger partial charge < -0.3 is 15.5 Å². The van der Waals surface area contributed by atoms with Crippen LogP contribution in [0.4, 0.5) is 11.4 Å². The number of nitrogens with zero attached hydrogens (tertiary/aromatic N) is 1. The summed E-state index contributed by atoms with van der Waals surface area (Å²) in [4.78, 5) is 2.50. The fraction of sp³-hybridized carbons (Fsp3) is 0.409. The Morgan fingerprint density at radius 2 is 1.77 bits per heavy atom. The quantitative estimate of drug-likeness (QED) is 0.730. The number of rotatable bonds is 5. The van der Waals surface area contributed by atoms with E-state index in [1.165, 1.54) is 42.7 Å². The average Bonchev–Trinajstić information content (AvgIpc) is 2.67. The molecule has 1 fully saturated rings. The minimum Gasteiger partial charge on any atom is -0.371 e. The number of thiocarbonyl (C=S) groups is 1. The van der Waals surface area contributed by atoms with Crippen molar-refractivity contribution in [1.82, 2.24) is 5.32 Å². The predicted molar refractivity (Wildman–Crippen MR) is 116 cm³/mol. The Morgan fingerprint density at radius 3 is 2.42 bits per heavy atom. The van der Waals surface area contributed by atoms with Gasteiger partial charge in [0.05, 0.1) is 0 Å². The number of piperidine rings is 1. The molecule has 138 valence electrons. The van der Waals surface area contributed by atoms with Gasteiger partial charge in [-0.05, 0) is 72.8 Å². The van der Waals surface area contributed by atoms with E-state index >= 15 is 0 Å². The van der Waals surface area contributed by atoms with Crippen LogP contribution < -0.4 is 15.5 Å². The molecule has 1 aliphatic rings. The van der Waals surface area contributed by atoms with Gasteiger partial charge in [0.15, 0.2) is 5.11 Å². The maximum absolute atomic E-state index is 5.41. The Hall–Kier alpha value is -2.07. The number of benzene rings is 2. The van der Waals surface area contributed by atoms with Gasteiger partial charge in [0.2, 0.25) is 0 Å². The second-order valence-corrected chi connectivity index (χ2v) is 7.63. The average molecular weight is 368 g/mol. The fourth-order valence-corrected chi connectivity index (χ4v) is 3.62. The van der Waals surface area contributed by atoms with Crippen LogP contribution in [0.3, 0.4) is 0 Å². The SMILES string of the molecule is CCc1ccc(NC(=S)NCc2ccc(N3CCCC(C)C3)cc2)cc1. The van der Waals surface area contributed by atoms with Gasteiger partial charge in [0.1, 0.15) is 0 Å². The van der Waals surface area contributed by atoms with Crippen LogP contribution in [0.1, 0.15) is 37.8 Å². The largest absolute Gasteiger partial charge is 0.371 e. The van der Waals surface area contributed by atoms with E-state index in [2.05, 4.69) is 77.9 Å². The molecular formula is C22H29N3S. The van der Waals surface area contributed by atoms with E-state index in [9.17, 15) is 0 Å².